The quantitative estimate of drug-likeness (QED) is 0.640. The first-order valence-electron chi connectivity index (χ1n) is 4.29. The SMILES string of the molecule is CC(=O)c1cc2c(cc1O)NCC2. The van der Waals surface area contributed by atoms with Crippen LogP contribution < -0.4 is 5.32 Å². The number of Topliss-reactive ketones (excluding diaryl/α,β-unsaturated/α-hetero) is 1. The predicted octanol–water partition coefficient (Wildman–Crippen LogP) is 1.56. The second kappa shape index (κ2) is 2.76. The highest BCUT2D eigenvalue weighted by Gasteiger charge is 2.15. The minimum absolute atomic E-state index is 0.0700. The van der Waals surface area contributed by atoms with Crippen LogP contribution in [-0.2, 0) is 6.42 Å². The first-order valence-corrected chi connectivity index (χ1v) is 4.29. The Balaban J connectivity index is 2.55. The van der Waals surface area contributed by atoms with Gasteiger partial charge in [0.2, 0.25) is 0 Å². The number of fused-ring (bicyclic) bond motifs is 1. The molecule has 1 aromatic rings. The Bertz CT molecular complexity index is 371. The average Bonchev–Trinajstić information content (AvgIpc) is 2.48. The van der Waals surface area contributed by atoms with Gasteiger partial charge < -0.3 is 10.4 Å². The van der Waals surface area contributed by atoms with Crippen LogP contribution in [0.25, 0.3) is 0 Å². The second-order valence-electron chi connectivity index (χ2n) is 3.26. The maximum absolute atomic E-state index is 11.1. The highest BCUT2D eigenvalue weighted by Crippen LogP contribution is 2.30. The van der Waals surface area contributed by atoms with E-state index in [0.717, 1.165) is 24.2 Å². The summed E-state index contributed by atoms with van der Waals surface area (Å²) in [4.78, 5) is 11.1. The number of carbonyl (C=O) groups excluding carboxylic acids is 1. The lowest BCUT2D eigenvalue weighted by atomic mass is 10.0. The van der Waals surface area contributed by atoms with Crippen molar-refractivity contribution in [3.05, 3.63) is 23.3 Å². The van der Waals surface area contributed by atoms with Crippen LogP contribution in [0.15, 0.2) is 12.1 Å². The number of carbonyl (C=O) groups is 1. The molecule has 2 N–H and O–H groups in total. The predicted molar refractivity (Wildman–Crippen MR) is 50.3 cm³/mol. The largest absolute Gasteiger partial charge is 0.507 e. The van der Waals surface area contributed by atoms with Gasteiger partial charge in [0.25, 0.3) is 0 Å². The first-order chi connectivity index (χ1) is 6.18. The molecule has 3 nitrogen and oxygen atoms in total. The van der Waals surface area contributed by atoms with Crippen molar-refractivity contribution in [1.29, 1.82) is 0 Å². The molecule has 0 radical (unpaired) electrons. The number of hydrogen-bond donors (Lipinski definition) is 2. The summed E-state index contributed by atoms with van der Waals surface area (Å²) in [5.74, 6) is -0.0205. The summed E-state index contributed by atoms with van der Waals surface area (Å²) in [5.41, 5.74) is 2.48. The van der Waals surface area contributed by atoms with Gasteiger partial charge in [-0.2, -0.15) is 0 Å². The van der Waals surface area contributed by atoms with Gasteiger partial charge in [0.05, 0.1) is 5.56 Å². The number of aromatic hydroxyl groups is 1. The highest BCUT2D eigenvalue weighted by molar-refractivity contribution is 5.97. The van der Waals surface area contributed by atoms with E-state index < -0.39 is 0 Å². The minimum Gasteiger partial charge on any atom is -0.507 e. The smallest absolute Gasteiger partial charge is 0.163 e. The lowest BCUT2D eigenvalue weighted by Crippen LogP contribution is -1.94. The van der Waals surface area contributed by atoms with Crippen LogP contribution in [0.4, 0.5) is 5.69 Å². The number of phenolic OH excluding ortho intramolecular Hbond substituents is 1. The molecule has 0 aliphatic carbocycles. The molecule has 0 saturated heterocycles. The van der Waals surface area contributed by atoms with Crippen LogP contribution in [0.3, 0.4) is 0 Å². The Morgan fingerprint density at radius 1 is 1.54 bits per heavy atom. The van der Waals surface area contributed by atoms with Gasteiger partial charge in [0.1, 0.15) is 5.75 Å². The lowest BCUT2D eigenvalue weighted by molar-refractivity contribution is 0.101. The number of rotatable bonds is 1. The van der Waals surface area contributed by atoms with Gasteiger partial charge in [-0.3, -0.25) is 4.79 Å². The molecule has 13 heavy (non-hydrogen) atoms. The van der Waals surface area contributed by atoms with E-state index in [1.54, 1.807) is 12.1 Å². The fraction of sp³-hybridized carbons (Fsp3) is 0.300. The molecule has 0 atom stereocenters. The number of nitrogens with one attached hydrogen (secondary N) is 1. The normalized spacial score (nSPS) is 13.6. The highest BCUT2D eigenvalue weighted by atomic mass is 16.3. The topological polar surface area (TPSA) is 49.3 Å². The summed E-state index contributed by atoms with van der Waals surface area (Å²) in [7, 11) is 0. The maximum Gasteiger partial charge on any atom is 0.163 e. The summed E-state index contributed by atoms with van der Waals surface area (Å²) in [6.45, 7) is 2.35. The molecule has 1 aromatic carbocycles. The molecular formula is C10H11NO2. The van der Waals surface area contributed by atoms with Gasteiger partial charge in [0, 0.05) is 18.3 Å². The zero-order valence-corrected chi connectivity index (χ0v) is 7.42. The Labute approximate surface area is 76.4 Å². The molecule has 1 heterocycles. The van der Waals surface area contributed by atoms with Crippen molar-refractivity contribution in [2.45, 2.75) is 13.3 Å². The Kier molecular flexibility index (Phi) is 1.72. The van der Waals surface area contributed by atoms with E-state index in [1.807, 2.05) is 0 Å². The van der Waals surface area contributed by atoms with Crippen LogP contribution in [0.5, 0.6) is 5.75 Å². The number of phenols is 1. The van der Waals surface area contributed by atoms with Crippen molar-refractivity contribution in [2.75, 3.05) is 11.9 Å². The van der Waals surface area contributed by atoms with Crippen molar-refractivity contribution < 1.29 is 9.90 Å². The van der Waals surface area contributed by atoms with Gasteiger partial charge in [-0.1, -0.05) is 0 Å². The molecule has 2 rings (SSSR count). The van der Waals surface area contributed by atoms with E-state index in [-0.39, 0.29) is 11.5 Å². The molecule has 68 valence electrons. The van der Waals surface area contributed by atoms with E-state index in [4.69, 9.17) is 0 Å². The molecule has 3 heteroatoms. The van der Waals surface area contributed by atoms with Crippen LogP contribution in [0.1, 0.15) is 22.8 Å². The van der Waals surface area contributed by atoms with E-state index >= 15 is 0 Å². The number of anilines is 1. The van der Waals surface area contributed by atoms with Crippen LogP contribution >= 0.6 is 0 Å². The Morgan fingerprint density at radius 2 is 2.31 bits per heavy atom. The van der Waals surface area contributed by atoms with Crippen LogP contribution in [0, 0.1) is 0 Å². The third kappa shape index (κ3) is 1.26. The molecule has 0 unspecified atom stereocenters. The number of benzene rings is 1. The zero-order chi connectivity index (χ0) is 9.42. The van der Waals surface area contributed by atoms with Gasteiger partial charge in [-0.15, -0.1) is 0 Å². The fourth-order valence-electron chi connectivity index (χ4n) is 1.62. The fourth-order valence-corrected chi connectivity index (χ4v) is 1.62. The first kappa shape index (κ1) is 8.10. The monoisotopic (exact) mass is 177 g/mol. The molecule has 1 aliphatic heterocycles. The van der Waals surface area contributed by atoms with Crippen molar-refractivity contribution >= 4 is 11.5 Å². The summed E-state index contributed by atoms with van der Waals surface area (Å²) >= 11 is 0. The van der Waals surface area contributed by atoms with Crippen LogP contribution in [0.2, 0.25) is 0 Å². The molecule has 0 spiro atoms. The summed E-state index contributed by atoms with van der Waals surface area (Å²) in [6, 6.07) is 3.39. The van der Waals surface area contributed by atoms with Crippen molar-refractivity contribution in [3.63, 3.8) is 0 Å². The molecule has 1 aliphatic rings. The Morgan fingerprint density at radius 3 is 3.00 bits per heavy atom. The van der Waals surface area contributed by atoms with Gasteiger partial charge >= 0.3 is 0 Å². The average molecular weight is 177 g/mol. The van der Waals surface area contributed by atoms with Crippen molar-refractivity contribution in [2.24, 2.45) is 0 Å². The van der Waals surface area contributed by atoms with E-state index in [9.17, 15) is 9.90 Å². The molecule has 0 bridgehead atoms. The third-order valence-corrected chi connectivity index (χ3v) is 2.31. The molecule has 0 aromatic heterocycles. The zero-order valence-electron chi connectivity index (χ0n) is 7.42. The van der Waals surface area contributed by atoms with Crippen LogP contribution in [-0.4, -0.2) is 17.4 Å². The summed E-state index contributed by atoms with van der Waals surface area (Å²) in [6.07, 6.45) is 0.926. The second-order valence-corrected chi connectivity index (χ2v) is 3.26. The standard InChI is InChI=1S/C10H11NO2/c1-6(12)8-4-7-2-3-11-9(7)5-10(8)13/h4-5,11,13H,2-3H2,1H3. The molecular weight excluding hydrogens is 166 g/mol. The van der Waals surface area contributed by atoms with Gasteiger partial charge in [-0.25, -0.2) is 0 Å². The van der Waals surface area contributed by atoms with E-state index in [2.05, 4.69) is 5.32 Å². The summed E-state index contributed by atoms with van der Waals surface area (Å²) in [5, 5.41) is 12.6. The number of hydrogen-bond acceptors (Lipinski definition) is 3. The van der Waals surface area contributed by atoms with Crippen molar-refractivity contribution in [1.82, 2.24) is 0 Å². The molecule has 0 amide bonds. The summed E-state index contributed by atoms with van der Waals surface area (Å²) < 4.78 is 0. The van der Waals surface area contributed by atoms with Gasteiger partial charge in [0.15, 0.2) is 5.78 Å². The Hall–Kier alpha value is -1.51. The van der Waals surface area contributed by atoms with Gasteiger partial charge in [-0.05, 0) is 25.0 Å². The molecule has 0 saturated carbocycles. The van der Waals surface area contributed by atoms with Crippen molar-refractivity contribution in [3.8, 4) is 5.75 Å². The van der Waals surface area contributed by atoms with E-state index in [0.29, 0.717) is 5.56 Å². The van der Waals surface area contributed by atoms with E-state index in [1.165, 1.54) is 6.92 Å². The minimum atomic E-state index is -0.0906. The molecule has 0 fully saturated rings. The lowest BCUT2D eigenvalue weighted by Gasteiger charge is -2.04. The maximum atomic E-state index is 11.1. The third-order valence-electron chi connectivity index (χ3n) is 2.31. The number of ketones is 1.